The van der Waals surface area contributed by atoms with Crippen LogP contribution in [-0.2, 0) is 9.59 Å². The monoisotopic (exact) mass is 281 g/mol. The first-order valence-electron chi connectivity index (χ1n) is 8.13. The summed E-state index contributed by atoms with van der Waals surface area (Å²) in [5.41, 5.74) is 0. The van der Waals surface area contributed by atoms with Crippen LogP contribution in [0.25, 0.3) is 0 Å². The number of carboxylic acid groups (broad SMARTS) is 1. The van der Waals surface area contributed by atoms with Crippen molar-refractivity contribution in [3.63, 3.8) is 0 Å². The van der Waals surface area contributed by atoms with Crippen molar-refractivity contribution in [2.24, 2.45) is 17.8 Å². The highest BCUT2D eigenvalue weighted by Crippen LogP contribution is 2.31. The van der Waals surface area contributed by atoms with Crippen LogP contribution in [-0.4, -0.2) is 23.0 Å². The van der Waals surface area contributed by atoms with Crippen molar-refractivity contribution in [2.45, 2.75) is 70.8 Å². The Kier molecular flexibility index (Phi) is 5.44. The van der Waals surface area contributed by atoms with E-state index in [1.807, 2.05) is 0 Å². The van der Waals surface area contributed by atoms with Crippen molar-refractivity contribution in [1.29, 1.82) is 0 Å². The molecule has 4 heteroatoms. The van der Waals surface area contributed by atoms with Gasteiger partial charge in [-0.05, 0) is 38.0 Å². The first kappa shape index (κ1) is 15.3. The summed E-state index contributed by atoms with van der Waals surface area (Å²) in [6.07, 6.45) is 8.80. The van der Waals surface area contributed by atoms with Gasteiger partial charge in [0.1, 0.15) is 0 Å². The summed E-state index contributed by atoms with van der Waals surface area (Å²) in [5.74, 6) is -0.322. The minimum Gasteiger partial charge on any atom is -0.481 e. The summed E-state index contributed by atoms with van der Waals surface area (Å²) >= 11 is 0. The molecule has 2 N–H and O–H groups in total. The zero-order valence-electron chi connectivity index (χ0n) is 12.4. The van der Waals surface area contributed by atoms with Crippen molar-refractivity contribution < 1.29 is 14.7 Å². The summed E-state index contributed by atoms with van der Waals surface area (Å²) in [7, 11) is 0. The van der Waals surface area contributed by atoms with Crippen LogP contribution < -0.4 is 5.32 Å². The second kappa shape index (κ2) is 7.09. The molecule has 0 aromatic rings. The van der Waals surface area contributed by atoms with Gasteiger partial charge in [0.15, 0.2) is 0 Å². The topological polar surface area (TPSA) is 66.4 Å². The normalized spacial score (nSPS) is 34.5. The number of hydrogen-bond acceptors (Lipinski definition) is 2. The maximum atomic E-state index is 12.3. The van der Waals surface area contributed by atoms with Crippen LogP contribution in [0.4, 0.5) is 0 Å². The summed E-state index contributed by atoms with van der Waals surface area (Å²) in [6, 6.07) is 0.311. The van der Waals surface area contributed by atoms with E-state index < -0.39 is 5.97 Å². The van der Waals surface area contributed by atoms with Gasteiger partial charge in [-0.1, -0.05) is 32.6 Å². The molecule has 0 aliphatic heterocycles. The Balaban J connectivity index is 1.83. The Bertz CT molecular complexity index is 356. The summed E-state index contributed by atoms with van der Waals surface area (Å²) in [4.78, 5) is 23.4. The Labute approximate surface area is 121 Å². The van der Waals surface area contributed by atoms with Gasteiger partial charge in [-0.15, -0.1) is 0 Å². The fourth-order valence-corrected chi connectivity index (χ4v) is 3.76. The van der Waals surface area contributed by atoms with Crippen molar-refractivity contribution in [3.05, 3.63) is 0 Å². The number of aliphatic carboxylic acids is 1. The third-order valence-electron chi connectivity index (χ3n) is 5.10. The molecule has 0 bridgehead atoms. The van der Waals surface area contributed by atoms with Crippen molar-refractivity contribution in [3.8, 4) is 0 Å². The number of carbonyl (C=O) groups is 2. The number of amides is 1. The Morgan fingerprint density at radius 2 is 1.75 bits per heavy atom. The van der Waals surface area contributed by atoms with E-state index >= 15 is 0 Å². The molecule has 114 valence electrons. The maximum Gasteiger partial charge on any atom is 0.306 e. The van der Waals surface area contributed by atoms with Gasteiger partial charge in [0.05, 0.1) is 5.92 Å². The van der Waals surface area contributed by atoms with Crippen LogP contribution >= 0.6 is 0 Å². The van der Waals surface area contributed by atoms with Gasteiger partial charge in [0.2, 0.25) is 5.91 Å². The summed E-state index contributed by atoms with van der Waals surface area (Å²) < 4.78 is 0. The van der Waals surface area contributed by atoms with E-state index in [4.69, 9.17) is 5.11 Å². The smallest absolute Gasteiger partial charge is 0.306 e. The molecule has 4 unspecified atom stereocenters. The van der Waals surface area contributed by atoms with E-state index in [1.54, 1.807) is 0 Å². The Hall–Kier alpha value is -1.06. The molecule has 0 spiro atoms. The maximum absolute atomic E-state index is 12.3. The minimum atomic E-state index is -0.744. The predicted molar refractivity (Wildman–Crippen MR) is 77.3 cm³/mol. The summed E-state index contributed by atoms with van der Waals surface area (Å²) in [5, 5.41) is 12.3. The van der Waals surface area contributed by atoms with Crippen LogP contribution in [0.2, 0.25) is 0 Å². The number of carbonyl (C=O) groups excluding carboxylic acids is 1. The number of rotatable bonds is 4. The molecule has 0 saturated heterocycles. The average molecular weight is 281 g/mol. The third-order valence-corrected chi connectivity index (χ3v) is 5.10. The lowest BCUT2D eigenvalue weighted by molar-refractivity contribution is -0.144. The van der Waals surface area contributed by atoms with E-state index in [9.17, 15) is 9.59 Å². The molecule has 4 nitrogen and oxygen atoms in total. The molecule has 1 amide bonds. The molecule has 2 rings (SSSR count). The fourth-order valence-electron chi connectivity index (χ4n) is 3.76. The first-order valence-corrected chi connectivity index (χ1v) is 8.13. The summed E-state index contributed by atoms with van der Waals surface area (Å²) in [6.45, 7) is 2.22. The highest BCUT2D eigenvalue weighted by Gasteiger charge is 2.32. The molecule has 20 heavy (non-hydrogen) atoms. The molecule has 4 atom stereocenters. The molecule has 2 aliphatic carbocycles. The van der Waals surface area contributed by atoms with Gasteiger partial charge >= 0.3 is 5.97 Å². The van der Waals surface area contributed by atoms with E-state index in [2.05, 4.69) is 12.2 Å². The molecule has 0 heterocycles. The van der Waals surface area contributed by atoms with Crippen LogP contribution in [0.5, 0.6) is 0 Å². The number of carboxylic acids is 1. The second-order valence-corrected chi connectivity index (χ2v) is 6.55. The van der Waals surface area contributed by atoms with Gasteiger partial charge < -0.3 is 10.4 Å². The molecule has 0 aromatic carbocycles. The van der Waals surface area contributed by atoms with Gasteiger partial charge in [0.25, 0.3) is 0 Å². The average Bonchev–Trinajstić information content (AvgIpc) is 2.47. The van der Waals surface area contributed by atoms with Gasteiger partial charge in [-0.3, -0.25) is 9.59 Å². The van der Waals surface area contributed by atoms with Gasteiger partial charge in [-0.2, -0.15) is 0 Å². The van der Waals surface area contributed by atoms with E-state index in [0.717, 1.165) is 38.0 Å². The van der Waals surface area contributed by atoms with E-state index in [0.29, 0.717) is 12.5 Å². The van der Waals surface area contributed by atoms with Gasteiger partial charge in [-0.25, -0.2) is 0 Å². The highest BCUT2D eigenvalue weighted by atomic mass is 16.4. The quantitative estimate of drug-likeness (QED) is 0.832. The van der Waals surface area contributed by atoms with Crippen LogP contribution in [0.1, 0.15) is 64.7 Å². The van der Waals surface area contributed by atoms with Crippen LogP contribution in [0, 0.1) is 17.8 Å². The third kappa shape index (κ3) is 3.97. The fraction of sp³-hybridized carbons (Fsp3) is 0.875. The number of nitrogens with one attached hydrogen (secondary N) is 1. The lowest BCUT2D eigenvalue weighted by Gasteiger charge is -2.32. The zero-order valence-corrected chi connectivity index (χ0v) is 12.4. The van der Waals surface area contributed by atoms with Crippen molar-refractivity contribution in [1.82, 2.24) is 5.32 Å². The standard InChI is InChI=1S/C16H27NO3/c1-2-11-5-3-8-14(9-11)17-15(18)12-6-4-7-13(10-12)16(19)20/h11-14H,2-10H2,1H3,(H,17,18)(H,19,20). The highest BCUT2D eigenvalue weighted by molar-refractivity contribution is 5.80. The lowest BCUT2D eigenvalue weighted by atomic mass is 9.80. The first-order chi connectivity index (χ1) is 9.60. The Morgan fingerprint density at radius 1 is 1.05 bits per heavy atom. The molecule has 0 aromatic heterocycles. The van der Waals surface area contributed by atoms with Gasteiger partial charge in [0, 0.05) is 12.0 Å². The van der Waals surface area contributed by atoms with Crippen molar-refractivity contribution in [2.75, 3.05) is 0 Å². The molecular weight excluding hydrogens is 254 g/mol. The van der Waals surface area contributed by atoms with E-state index in [1.165, 1.54) is 19.3 Å². The Morgan fingerprint density at radius 3 is 2.45 bits per heavy atom. The zero-order chi connectivity index (χ0) is 14.5. The van der Waals surface area contributed by atoms with Crippen LogP contribution in [0.15, 0.2) is 0 Å². The SMILES string of the molecule is CCC1CCCC(NC(=O)C2CCCC(C(=O)O)C2)C1. The van der Waals surface area contributed by atoms with Crippen molar-refractivity contribution >= 4 is 11.9 Å². The number of hydrogen-bond donors (Lipinski definition) is 2. The van der Waals surface area contributed by atoms with Crippen LogP contribution in [0.3, 0.4) is 0 Å². The molecule has 2 aliphatic rings. The van der Waals surface area contributed by atoms with E-state index in [-0.39, 0.29) is 17.7 Å². The predicted octanol–water partition coefficient (Wildman–Crippen LogP) is 2.96. The minimum absolute atomic E-state index is 0.0909. The molecule has 0 radical (unpaired) electrons. The lowest BCUT2D eigenvalue weighted by Crippen LogP contribution is -2.43. The molecular formula is C16H27NO3. The largest absolute Gasteiger partial charge is 0.481 e. The second-order valence-electron chi connectivity index (χ2n) is 6.55. The molecule has 2 saturated carbocycles. The molecule has 2 fully saturated rings.